The molecule has 0 aliphatic carbocycles. The number of phenols is 1. The van der Waals surface area contributed by atoms with Crippen molar-refractivity contribution in [1.29, 1.82) is 0 Å². The number of carbonyl (C=O) groups excluding carboxylic acids is 1. The van der Waals surface area contributed by atoms with Crippen molar-refractivity contribution < 1.29 is 19.4 Å². The van der Waals surface area contributed by atoms with Gasteiger partial charge in [-0.2, -0.15) is 0 Å². The Morgan fingerprint density at radius 1 is 1.00 bits per heavy atom. The lowest BCUT2D eigenvalue weighted by molar-refractivity contribution is 0.0983. The summed E-state index contributed by atoms with van der Waals surface area (Å²) in [7, 11) is 3.18. The zero-order chi connectivity index (χ0) is 15.2. The van der Waals surface area contributed by atoms with Crippen LogP contribution in [0.5, 0.6) is 17.2 Å². The third kappa shape index (κ3) is 3.75. The maximum Gasteiger partial charge on any atom is 0.163 e. The zero-order valence-corrected chi connectivity index (χ0v) is 12.1. The van der Waals surface area contributed by atoms with Crippen molar-refractivity contribution in [2.45, 2.75) is 12.8 Å². The Bertz CT molecular complexity index is 617. The Morgan fingerprint density at radius 2 is 1.67 bits per heavy atom. The number of phenolic OH excluding ortho intramolecular Hbond substituents is 1. The van der Waals surface area contributed by atoms with Gasteiger partial charge in [-0.1, -0.05) is 6.07 Å². The smallest absolute Gasteiger partial charge is 0.163 e. The number of benzene rings is 2. The van der Waals surface area contributed by atoms with Crippen LogP contribution in [-0.4, -0.2) is 25.1 Å². The van der Waals surface area contributed by atoms with E-state index in [1.807, 2.05) is 18.2 Å². The van der Waals surface area contributed by atoms with Crippen LogP contribution in [0, 0.1) is 0 Å². The maximum atomic E-state index is 12.1. The van der Waals surface area contributed by atoms with Crippen molar-refractivity contribution in [3.63, 3.8) is 0 Å². The molecule has 2 aromatic rings. The summed E-state index contributed by atoms with van der Waals surface area (Å²) >= 11 is 0. The predicted molar refractivity (Wildman–Crippen MR) is 80.3 cm³/mol. The molecule has 0 atom stereocenters. The van der Waals surface area contributed by atoms with Gasteiger partial charge in [-0.3, -0.25) is 4.79 Å². The van der Waals surface area contributed by atoms with E-state index in [-0.39, 0.29) is 11.5 Å². The number of methoxy groups -OCH3 is 2. The first-order chi connectivity index (χ1) is 10.1. The van der Waals surface area contributed by atoms with Crippen LogP contribution >= 0.6 is 0 Å². The topological polar surface area (TPSA) is 55.8 Å². The van der Waals surface area contributed by atoms with E-state index >= 15 is 0 Å². The van der Waals surface area contributed by atoms with E-state index in [1.165, 1.54) is 12.1 Å². The molecule has 0 saturated heterocycles. The molecule has 0 fully saturated rings. The fraction of sp³-hybridized carbons (Fsp3) is 0.235. The number of carbonyl (C=O) groups is 1. The second-order valence-corrected chi connectivity index (χ2v) is 4.66. The van der Waals surface area contributed by atoms with E-state index in [0.717, 1.165) is 5.56 Å². The molecule has 0 saturated carbocycles. The second kappa shape index (κ2) is 6.79. The summed E-state index contributed by atoms with van der Waals surface area (Å²) in [5.41, 5.74) is 1.62. The third-order valence-corrected chi connectivity index (χ3v) is 3.28. The fourth-order valence-electron chi connectivity index (χ4n) is 2.09. The SMILES string of the molecule is COc1ccc(CCC(=O)c2ccc(O)cc2)cc1OC. The van der Waals surface area contributed by atoms with Crippen molar-refractivity contribution in [3.8, 4) is 17.2 Å². The standard InChI is InChI=1S/C17H18O4/c1-20-16-10-4-12(11-17(16)21-2)3-9-15(19)13-5-7-14(18)8-6-13/h4-8,10-11,18H,3,9H2,1-2H3. The number of hydrogen-bond donors (Lipinski definition) is 1. The van der Waals surface area contributed by atoms with Gasteiger partial charge in [0.25, 0.3) is 0 Å². The molecule has 0 spiro atoms. The number of aromatic hydroxyl groups is 1. The van der Waals surface area contributed by atoms with Gasteiger partial charge < -0.3 is 14.6 Å². The number of Topliss-reactive ketones (excluding diaryl/α,β-unsaturated/α-hetero) is 1. The highest BCUT2D eigenvalue weighted by Crippen LogP contribution is 2.28. The predicted octanol–water partition coefficient (Wildman–Crippen LogP) is 3.22. The molecule has 0 heterocycles. The summed E-state index contributed by atoms with van der Waals surface area (Å²) in [6, 6.07) is 11.9. The highest BCUT2D eigenvalue weighted by Gasteiger charge is 2.08. The van der Waals surface area contributed by atoms with E-state index in [4.69, 9.17) is 9.47 Å². The van der Waals surface area contributed by atoms with Crippen LogP contribution in [0.15, 0.2) is 42.5 Å². The molecule has 4 heteroatoms. The first-order valence-electron chi connectivity index (χ1n) is 6.67. The number of rotatable bonds is 6. The molecular formula is C17H18O4. The summed E-state index contributed by atoms with van der Waals surface area (Å²) in [5, 5.41) is 9.22. The Labute approximate surface area is 123 Å². The number of ether oxygens (including phenoxy) is 2. The lowest BCUT2D eigenvalue weighted by Gasteiger charge is -2.09. The Kier molecular flexibility index (Phi) is 4.82. The average molecular weight is 286 g/mol. The molecule has 0 bridgehead atoms. The second-order valence-electron chi connectivity index (χ2n) is 4.66. The van der Waals surface area contributed by atoms with Crippen LogP contribution in [0.1, 0.15) is 22.3 Å². The molecule has 2 rings (SSSR count). The van der Waals surface area contributed by atoms with Crippen LogP contribution in [0.4, 0.5) is 0 Å². The van der Waals surface area contributed by atoms with E-state index in [0.29, 0.717) is 29.9 Å². The van der Waals surface area contributed by atoms with Gasteiger partial charge in [0, 0.05) is 12.0 Å². The molecule has 4 nitrogen and oxygen atoms in total. The van der Waals surface area contributed by atoms with Crippen molar-refractivity contribution in [1.82, 2.24) is 0 Å². The largest absolute Gasteiger partial charge is 0.508 e. The van der Waals surface area contributed by atoms with Gasteiger partial charge in [0.2, 0.25) is 0 Å². The number of hydrogen-bond acceptors (Lipinski definition) is 4. The minimum Gasteiger partial charge on any atom is -0.508 e. The molecule has 0 aromatic heterocycles. The highest BCUT2D eigenvalue weighted by molar-refractivity contribution is 5.96. The van der Waals surface area contributed by atoms with Crippen molar-refractivity contribution in [3.05, 3.63) is 53.6 Å². The summed E-state index contributed by atoms with van der Waals surface area (Å²) in [4.78, 5) is 12.1. The van der Waals surface area contributed by atoms with Crippen LogP contribution in [0.25, 0.3) is 0 Å². The Morgan fingerprint density at radius 3 is 2.29 bits per heavy atom. The summed E-state index contributed by atoms with van der Waals surface area (Å²) in [6.45, 7) is 0. The van der Waals surface area contributed by atoms with Gasteiger partial charge in [-0.05, 0) is 48.4 Å². The molecule has 0 amide bonds. The molecule has 0 aliphatic heterocycles. The number of ketones is 1. The van der Waals surface area contributed by atoms with Gasteiger partial charge in [-0.15, -0.1) is 0 Å². The van der Waals surface area contributed by atoms with E-state index in [2.05, 4.69) is 0 Å². The summed E-state index contributed by atoms with van der Waals surface area (Å²) < 4.78 is 10.4. The number of aryl methyl sites for hydroxylation is 1. The monoisotopic (exact) mass is 286 g/mol. The maximum absolute atomic E-state index is 12.1. The average Bonchev–Trinajstić information content (AvgIpc) is 2.52. The highest BCUT2D eigenvalue weighted by atomic mass is 16.5. The molecule has 21 heavy (non-hydrogen) atoms. The van der Waals surface area contributed by atoms with Crippen LogP contribution in [0.2, 0.25) is 0 Å². The van der Waals surface area contributed by atoms with Gasteiger partial charge >= 0.3 is 0 Å². The minimum atomic E-state index is 0.0461. The fourth-order valence-corrected chi connectivity index (χ4v) is 2.09. The van der Waals surface area contributed by atoms with Crippen LogP contribution in [-0.2, 0) is 6.42 Å². The molecular weight excluding hydrogens is 268 g/mol. The molecule has 0 radical (unpaired) electrons. The van der Waals surface area contributed by atoms with Gasteiger partial charge in [-0.25, -0.2) is 0 Å². The van der Waals surface area contributed by atoms with Gasteiger partial charge in [0.1, 0.15) is 5.75 Å². The normalized spacial score (nSPS) is 10.2. The van der Waals surface area contributed by atoms with Crippen molar-refractivity contribution in [2.24, 2.45) is 0 Å². The van der Waals surface area contributed by atoms with Crippen molar-refractivity contribution >= 4 is 5.78 Å². The van der Waals surface area contributed by atoms with Gasteiger partial charge in [0.05, 0.1) is 14.2 Å². The molecule has 110 valence electrons. The molecule has 0 aliphatic rings. The first-order valence-corrected chi connectivity index (χ1v) is 6.67. The molecule has 1 N–H and O–H groups in total. The van der Waals surface area contributed by atoms with E-state index in [1.54, 1.807) is 26.4 Å². The lowest BCUT2D eigenvalue weighted by atomic mass is 10.0. The third-order valence-electron chi connectivity index (χ3n) is 3.28. The minimum absolute atomic E-state index is 0.0461. The molecule has 2 aromatic carbocycles. The lowest BCUT2D eigenvalue weighted by Crippen LogP contribution is -2.01. The van der Waals surface area contributed by atoms with Crippen molar-refractivity contribution in [2.75, 3.05) is 14.2 Å². The molecule has 0 unspecified atom stereocenters. The van der Waals surface area contributed by atoms with E-state index in [9.17, 15) is 9.90 Å². The van der Waals surface area contributed by atoms with E-state index < -0.39 is 0 Å². The van der Waals surface area contributed by atoms with Crippen LogP contribution in [0.3, 0.4) is 0 Å². The first kappa shape index (κ1) is 14.9. The Hall–Kier alpha value is -2.49. The summed E-state index contributed by atoms with van der Waals surface area (Å²) in [6.07, 6.45) is 1.03. The quantitative estimate of drug-likeness (QED) is 0.828. The van der Waals surface area contributed by atoms with Crippen LogP contribution < -0.4 is 9.47 Å². The zero-order valence-electron chi connectivity index (χ0n) is 12.1. The van der Waals surface area contributed by atoms with Gasteiger partial charge in [0.15, 0.2) is 17.3 Å². The summed E-state index contributed by atoms with van der Waals surface area (Å²) in [5.74, 6) is 1.54. The Balaban J connectivity index is 2.02.